The summed E-state index contributed by atoms with van der Waals surface area (Å²) >= 11 is 0. The summed E-state index contributed by atoms with van der Waals surface area (Å²) in [6.45, 7) is 7.92. The van der Waals surface area contributed by atoms with Gasteiger partial charge in [0.15, 0.2) is 0 Å². The van der Waals surface area contributed by atoms with Gasteiger partial charge in [0.2, 0.25) is 0 Å². The number of hydrogen-bond donors (Lipinski definition) is 1. The monoisotopic (exact) mass is 428 g/mol. The second-order valence-electron chi connectivity index (χ2n) is 9.91. The molecule has 0 aliphatic heterocycles. The van der Waals surface area contributed by atoms with Gasteiger partial charge >= 0.3 is 5.97 Å². The first-order valence-electron chi connectivity index (χ1n) is 12.6. The van der Waals surface area contributed by atoms with Crippen molar-refractivity contribution in [1.29, 1.82) is 0 Å². The van der Waals surface area contributed by atoms with Crippen LogP contribution in [0.2, 0.25) is 0 Å². The first-order chi connectivity index (χ1) is 14.9. The van der Waals surface area contributed by atoms with E-state index in [0.29, 0.717) is 5.56 Å². The fourth-order valence-electron chi connectivity index (χ4n) is 3.96. The number of nitrogens with zero attached hydrogens (tertiary/aromatic N) is 1. The summed E-state index contributed by atoms with van der Waals surface area (Å²) in [5, 5.41) is 0. The zero-order valence-electron chi connectivity index (χ0n) is 20.4. The van der Waals surface area contributed by atoms with E-state index in [1.807, 2.05) is 32.9 Å². The SMILES string of the molecule is CCCCCCCCCCCCCCCc1nc2ccc(C(=O)OC(C)(C)C)cc2[nH]1. The zero-order chi connectivity index (χ0) is 22.5. The third kappa shape index (κ3) is 10.3. The van der Waals surface area contributed by atoms with Crippen molar-refractivity contribution in [3.8, 4) is 0 Å². The number of unbranched alkanes of at least 4 members (excludes halogenated alkanes) is 12. The summed E-state index contributed by atoms with van der Waals surface area (Å²) in [6, 6.07) is 5.55. The molecule has 0 atom stereocenters. The molecule has 0 spiro atoms. The highest BCUT2D eigenvalue weighted by Gasteiger charge is 2.18. The van der Waals surface area contributed by atoms with Crippen molar-refractivity contribution >= 4 is 17.0 Å². The number of fused-ring (bicyclic) bond motifs is 1. The van der Waals surface area contributed by atoms with Crippen LogP contribution in [-0.4, -0.2) is 21.5 Å². The lowest BCUT2D eigenvalue weighted by Crippen LogP contribution is -2.23. The smallest absolute Gasteiger partial charge is 0.338 e. The maximum Gasteiger partial charge on any atom is 0.338 e. The van der Waals surface area contributed by atoms with Gasteiger partial charge in [0.05, 0.1) is 16.6 Å². The zero-order valence-corrected chi connectivity index (χ0v) is 20.4. The summed E-state index contributed by atoms with van der Waals surface area (Å²) in [7, 11) is 0. The molecule has 0 aliphatic carbocycles. The summed E-state index contributed by atoms with van der Waals surface area (Å²) in [4.78, 5) is 20.3. The molecule has 2 aromatic rings. The molecular weight excluding hydrogens is 384 g/mol. The Morgan fingerprint density at radius 2 is 1.42 bits per heavy atom. The molecule has 0 saturated carbocycles. The molecule has 1 aromatic heterocycles. The van der Waals surface area contributed by atoms with Crippen molar-refractivity contribution in [2.24, 2.45) is 0 Å². The molecule has 1 aromatic carbocycles. The lowest BCUT2D eigenvalue weighted by molar-refractivity contribution is 0.00697. The Kier molecular flexibility index (Phi) is 11.1. The number of ether oxygens (including phenoxy) is 1. The fraction of sp³-hybridized carbons (Fsp3) is 0.704. The number of aromatic amines is 1. The van der Waals surface area contributed by atoms with Gasteiger partial charge in [0, 0.05) is 6.42 Å². The average Bonchev–Trinajstić information content (AvgIpc) is 3.12. The summed E-state index contributed by atoms with van der Waals surface area (Å²) in [5.41, 5.74) is 1.91. The topological polar surface area (TPSA) is 55.0 Å². The molecule has 1 N–H and O–H groups in total. The minimum Gasteiger partial charge on any atom is -0.456 e. The van der Waals surface area contributed by atoms with E-state index in [0.717, 1.165) is 29.7 Å². The molecule has 4 nitrogen and oxygen atoms in total. The van der Waals surface area contributed by atoms with E-state index < -0.39 is 5.60 Å². The number of H-pyrrole nitrogens is 1. The highest BCUT2D eigenvalue weighted by atomic mass is 16.6. The Morgan fingerprint density at radius 3 is 1.97 bits per heavy atom. The van der Waals surface area contributed by atoms with E-state index in [-0.39, 0.29) is 5.97 Å². The lowest BCUT2D eigenvalue weighted by atomic mass is 10.0. The third-order valence-electron chi connectivity index (χ3n) is 5.68. The molecule has 4 heteroatoms. The Morgan fingerprint density at radius 1 is 0.871 bits per heavy atom. The summed E-state index contributed by atoms with van der Waals surface area (Å²) in [5.74, 6) is 0.724. The van der Waals surface area contributed by atoms with Crippen LogP contribution in [0.3, 0.4) is 0 Å². The van der Waals surface area contributed by atoms with Crippen LogP contribution in [0, 0.1) is 0 Å². The van der Waals surface area contributed by atoms with Crippen molar-refractivity contribution in [2.45, 2.75) is 123 Å². The van der Waals surface area contributed by atoms with Gasteiger partial charge in [0.25, 0.3) is 0 Å². The minimum absolute atomic E-state index is 0.290. The number of nitrogens with one attached hydrogen (secondary N) is 1. The molecule has 0 amide bonds. The van der Waals surface area contributed by atoms with Crippen LogP contribution >= 0.6 is 0 Å². The molecule has 174 valence electrons. The molecule has 0 aliphatic rings. The Labute approximate surface area is 189 Å². The van der Waals surface area contributed by atoms with E-state index in [9.17, 15) is 4.79 Å². The van der Waals surface area contributed by atoms with Crippen molar-refractivity contribution in [2.75, 3.05) is 0 Å². The van der Waals surface area contributed by atoms with Crippen LogP contribution in [0.15, 0.2) is 18.2 Å². The van der Waals surface area contributed by atoms with Gasteiger partial charge in [-0.05, 0) is 45.4 Å². The fourth-order valence-corrected chi connectivity index (χ4v) is 3.96. The Hall–Kier alpha value is -1.84. The van der Waals surface area contributed by atoms with Gasteiger partial charge in [-0.3, -0.25) is 0 Å². The van der Waals surface area contributed by atoms with Crippen LogP contribution in [-0.2, 0) is 11.2 Å². The highest BCUT2D eigenvalue weighted by molar-refractivity contribution is 5.93. The molecule has 2 rings (SSSR count). The number of aryl methyl sites for hydroxylation is 1. The number of esters is 1. The predicted molar refractivity (Wildman–Crippen MR) is 131 cm³/mol. The summed E-state index contributed by atoms with van der Waals surface area (Å²) in [6.07, 6.45) is 18.7. The van der Waals surface area contributed by atoms with Crippen LogP contribution < -0.4 is 0 Å². The number of carbonyl (C=O) groups excluding carboxylic acids is 1. The molecule has 0 radical (unpaired) electrons. The van der Waals surface area contributed by atoms with Gasteiger partial charge in [-0.25, -0.2) is 9.78 Å². The summed E-state index contributed by atoms with van der Waals surface area (Å²) < 4.78 is 5.46. The van der Waals surface area contributed by atoms with Gasteiger partial charge in [-0.15, -0.1) is 0 Å². The quantitative estimate of drug-likeness (QED) is 0.230. The average molecular weight is 429 g/mol. The van der Waals surface area contributed by atoms with Crippen molar-refractivity contribution in [1.82, 2.24) is 9.97 Å². The standard InChI is InChI=1S/C27H44N2O2/c1-5-6-7-8-9-10-11-12-13-14-15-16-17-18-25-28-23-20-19-22(21-24(23)29-25)26(30)31-27(2,3)4/h19-21H,5-18H2,1-4H3,(H,28,29). The van der Waals surface area contributed by atoms with Crippen LogP contribution in [0.5, 0.6) is 0 Å². The largest absolute Gasteiger partial charge is 0.456 e. The second kappa shape index (κ2) is 13.5. The van der Waals surface area contributed by atoms with E-state index in [4.69, 9.17) is 4.74 Å². The molecule has 0 unspecified atom stereocenters. The first-order valence-corrected chi connectivity index (χ1v) is 12.6. The molecule has 0 fully saturated rings. The number of aromatic nitrogens is 2. The number of benzene rings is 1. The lowest BCUT2D eigenvalue weighted by Gasteiger charge is -2.19. The van der Waals surface area contributed by atoms with E-state index >= 15 is 0 Å². The predicted octanol–water partition coefficient (Wildman–Crippen LogP) is 8.15. The van der Waals surface area contributed by atoms with Gasteiger partial charge < -0.3 is 9.72 Å². The van der Waals surface area contributed by atoms with Crippen LogP contribution in [0.4, 0.5) is 0 Å². The first kappa shape index (κ1) is 25.4. The van der Waals surface area contributed by atoms with Crippen molar-refractivity contribution in [3.63, 3.8) is 0 Å². The highest BCUT2D eigenvalue weighted by Crippen LogP contribution is 2.19. The molecule has 1 heterocycles. The van der Waals surface area contributed by atoms with Crippen molar-refractivity contribution in [3.05, 3.63) is 29.6 Å². The Balaban J connectivity index is 1.59. The van der Waals surface area contributed by atoms with E-state index in [1.54, 1.807) is 6.07 Å². The molecular formula is C27H44N2O2. The molecule has 31 heavy (non-hydrogen) atoms. The van der Waals surface area contributed by atoms with Gasteiger partial charge in [-0.1, -0.05) is 84.0 Å². The van der Waals surface area contributed by atoms with E-state index in [2.05, 4.69) is 16.9 Å². The van der Waals surface area contributed by atoms with Crippen LogP contribution in [0.25, 0.3) is 11.0 Å². The van der Waals surface area contributed by atoms with E-state index in [1.165, 1.54) is 77.0 Å². The second-order valence-corrected chi connectivity index (χ2v) is 9.91. The maximum atomic E-state index is 12.3. The van der Waals surface area contributed by atoms with Crippen molar-refractivity contribution < 1.29 is 9.53 Å². The maximum absolute atomic E-state index is 12.3. The number of rotatable bonds is 15. The van der Waals surface area contributed by atoms with Gasteiger partial charge in [0.1, 0.15) is 11.4 Å². The normalized spacial score (nSPS) is 11.9. The number of carbonyl (C=O) groups is 1. The third-order valence-corrected chi connectivity index (χ3v) is 5.68. The molecule has 0 bridgehead atoms. The van der Waals surface area contributed by atoms with Crippen LogP contribution in [0.1, 0.15) is 127 Å². The minimum atomic E-state index is -0.487. The Bertz CT molecular complexity index is 773. The molecule has 0 saturated heterocycles. The van der Waals surface area contributed by atoms with Gasteiger partial charge in [-0.2, -0.15) is 0 Å². The number of imidazole rings is 1. The number of hydrogen-bond acceptors (Lipinski definition) is 3.